The molecular weight excluding hydrogens is 151 g/mol. The monoisotopic (exact) mass is 168 g/mol. The van der Waals surface area contributed by atoms with E-state index in [4.69, 9.17) is 0 Å². The summed E-state index contributed by atoms with van der Waals surface area (Å²) in [5.74, 6) is -0.000185. The first-order valence-electron chi connectivity index (χ1n) is 4.20. The van der Waals surface area contributed by atoms with Crippen molar-refractivity contribution in [2.24, 2.45) is 5.92 Å². The van der Waals surface area contributed by atoms with Crippen molar-refractivity contribution in [3.63, 3.8) is 0 Å². The third-order valence-electron chi connectivity index (χ3n) is 1.87. The topological polar surface area (TPSA) is 0 Å². The molecule has 0 aliphatic heterocycles. The Bertz CT molecular complexity index is 219. The lowest BCUT2D eigenvalue weighted by atomic mass is 9.95. The molecule has 0 aromatic rings. The van der Waals surface area contributed by atoms with Gasteiger partial charge in [-0.05, 0) is 37.0 Å². The quantitative estimate of drug-likeness (QED) is 0.558. The lowest BCUT2D eigenvalue weighted by Crippen LogP contribution is -1.97. The highest BCUT2D eigenvalue weighted by molar-refractivity contribution is 5.36. The second-order valence-electron chi connectivity index (χ2n) is 3.09. The molecule has 0 atom stereocenters. The maximum Gasteiger partial charge on any atom is 0.126 e. The minimum Gasteiger partial charge on any atom is -0.207 e. The van der Waals surface area contributed by atoms with E-state index in [0.717, 1.165) is 11.1 Å². The summed E-state index contributed by atoms with van der Waals surface area (Å²) in [6, 6.07) is 0. The zero-order chi connectivity index (χ0) is 9.72. The van der Waals surface area contributed by atoms with Crippen LogP contribution in [0.25, 0.3) is 0 Å². The van der Waals surface area contributed by atoms with Crippen molar-refractivity contribution in [3.8, 4) is 0 Å². The minimum absolute atomic E-state index is 0.208. The van der Waals surface area contributed by atoms with Crippen LogP contribution in [0.15, 0.2) is 35.7 Å². The average Bonchev–Trinajstić information content (AvgIpc) is 2.03. The molecule has 12 heavy (non-hydrogen) atoms. The van der Waals surface area contributed by atoms with Gasteiger partial charge in [-0.25, -0.2) is 4.39 Å². The molecule has 0 aromatic heterocycles. The molecule has 0 radical (unpaired) electrons. The van der Waals surface area contributed by atoms with E-state index in [9.17, 15) is 4.39 Å². The van der Waals surface area contributed by atoms with Crippen LogP contribution in [0.1, 0.15) is 27.7 Å². The van der Waals surface area contributed by atoms with Crippen LogP contribution < -0.4 is 0 Å². The molecule has 68 valence electrons. The van der Waals surface area contributed by atoms with Gasteiger partial charge >= 0.3 is 0 Å². The summed E-state index contributed by atoms with van der Waals surface area (Å²) in [4.78, 5) is 0. The Labute approximate surface area is 74.5 Å². The Morgan fingerprint density at radius 2 is 1.92 bits per heavy atom. The van der Waals surface area contributed by atoms with Crippen molar-refractivity contribution >= 4 is 0 Å². The summed E-state index contributed by atoms with van der Waals surface area (Å²) < 4.78 is 13.2. The third-order valence-corrected chi connectivity index (χ3v) is 1.87. The molecule has 0 aliphatic carbocycles. The first-order valence-corrected chi connectivity index (χ1v) is 4.20. The molecule has 0 rings (SSSR count). The molecule has 0 heterocycles. The maximum absolute atomic E-state index is 13.2. The molecule has 0 spiro atoms. The molecule has 0 unspecified atom stereocenters. The van der Waals surface area contributed by atoms with Crippen molar-refractivity contribution in [3.05, 3.63) is 35.7 Å². The van der Waals surface area contributed by atoms with E-state index >= 15 is 0 Å². The van der Waals surface area contributed by atoms with Gasteiger partial charge in [-0.15, -0.1) is 0 Å². The molecule has 1 heteroatoms. The Kier molecular flexibility index (Phi) is 4.57. The maximum atomic E-state index is 13.2. The Morgan fingerprint density at radius 3 is 2.17 bits per heavy atom. The highest BCUT2D eigenvalue weighted by Crippen LogP contribution is 2.24. The van der Waals surface area contributed by atoms with Crippen LogP contribution in [0.2, 0.25) is 0 Å². The van der Waals surface area contributed by atoms with E-state index < -0.39 is 0 Å². The van der Waals surface area contributed by atoms with Gasteiger partial charge in [0.05, 0.1) is 0 Å². The molecule has 0 saturated heterocycles. The minimum atomic E-state index is -0.208. The van der Waals surface area contributed by atoms with E-state index in [-0.39, 0.29) is 11.7 Å². The standard InChI is InChI=1S/C11H17F/c1-6-9(5)11(8(3)4)10(12)7-2/h6-8H,2H2,1,3-5H3/b9-6-,11-10+. The Morgan fingerprint density at radius 1 is 1.42 bits per heavy atom. The van der Waals surface area contributed by atoms with Crippen LogP contribution in [0.5, 0.6) is 0 Å². The van der Waals surface area contributed by atoms with Crippen LogP contribution in [-0.2, 0) is 0 Å². The van der Waals surface area contributed by atoms with Crippen LogP contribution in [0.4, 0.5) is 4.39 Å². The Balaban J connectivity index is 5.05. The summed E-state index contributed by atoms with van der Waals surface area (Å²) in [6.07, 6.45) is 3.18. The van der Waals surface area contributed by atoms with Gasteiger partial charge in [0.15, 0.2) is 0 Å². The van der Waals surface area contributed by atoms with Crippen molar-refractivity contribution in [2.75, 3.05) is 0 Å². The van der Waals surface area contributed by atoms with Gasteiger partial charge in [0.25, 0.3) is 0 Å². The molecule has 0 fully saturated rings. The molecule has 0 nitrogen and oxygen atoms in total. The fraction of sp³-hybridized carbons (Fsp3) is 0.455. The summed E-state index contributed by atoms with van der Waals surface area (Å²) in [6.45, 7) is 11.2. The summed E-state index contributed by atoms with van der Waals surface area (Å²) >= 11 is 0. The second kappa shape index (κ2) is 4.91. The SMILES string of the molecule is C=C/C(F)=C(\C(C)=C/C)C(C)C. The molecular formula is C11H17F. The summed E-state index contributed by atoms with van der Waals surface area (Å²) in [5, 5.41) is 0. The number of rotatable bonds is 3. The Hall–Kier alpha value is -0.850. The highest BCUT2D eigenvalue weighted by Gasteiger charge is 2.09. The van der Waals surface area contributed by atoms with Gasteiger partial charge in [0.2, 0.25) is 0 Å². The van der Waals surface area contributed by atoms with Crippen molar-refractivity contribution in [1.82, 2.24) is 0 Å². The van der Waals surface area contributed by atoms with Gasteiger partial charge in [0.1, 0.15) is 5.83 Å². The summed E-state index contributed by atoms with van der Waals surface area (Å²) in [5.41, 5.74) is 1.75. The van der Waals surface area contributed by atoms with E-state index in [2.05, 4.69) is 6.58 Å². The lowest BCUT2D eigenvalue weighted by Gasteiger charge is -2.11. The van der Waals surface area contributed by atoms with Gasteiger partial charge in [-0.1, -0.05) is 26.5 Å². The van der Waals surface area contributed by atoms with Crippen molar-refractivity contribution in [2.45, 2.75) is 27.7 Å². The highest BCUT2D eigenvalue weighted by atomic mass is 19.1. The van der Waals surface area contributed by atoms with Crippen LogP contribution in [-0.4, -0.2) is 0 Å². The van der Waals surface area contributed by atoms with Gasteiger partial charge < -0.3 is 0 Å². The third kappa shape index (κ3) is 2.65. The van der Waals surface area contributed by atoms with Gasteiger partial charge in [0, 0.05) is 0 Å². The van der Waals surface area contributed by atoms with E-state index in [0.29, 0.717) is 0 Å². The first kappa shape index (κ1) is 11.2. The van der Waals surface area contributed by atoms with Crippen LogP contribution >= 0.6 is 0 Å². The van der Waals surface area contributed by atoms with Crippen molar-refractivity contribution < 1.29 is 4.39 Å². The number of halogens is 1. The van der Waals surface area contributed by atoms with Gasteiger partial charge in [-0.3, -0.25) is 0 Å². The second-order valence-corrected chi connectivity index (χ2v) is 3.09. The van der Waals surface area contributed by atoms with Gasteiger partial charge in [-0.2, -0.15) is 0 Å². The smallest absolute Gasteiger partial charge is 0.126 e. The molecule has 0 aliphatic rings. The van der Waals surface area contributed by atoms with Crippen molar-refractivity contribution in [1.29, 1.82) is 0 Å². The normalized spacial score (nSPS) is 14.7. The molecule has 0 saturated carbocycles. The predicted molar refractivity (Wildman–Crippen MR) is 52.6 cm³/mol. The largest absolute Gasteiger partial charge is 0.207 e. The molecule has 0 bridgehead atoms. The number of hydrogen-bond acceptors (Lipinski definition) is 0. The zero-order valence-electron chi connectivity index (χ0n) is 8.32. The number of allylic oxidation sites excluding steroid dienone is 5. The molecule has 0 aromatic carbocycles. The zero-order valence-corrected chi connectivity index (χ0v) is 8.32. The fourth-order valence-electron chi connectivity index (χ4n) is 1.18. The first-order chi connectivity index (χ1) is 5.54. The predicted octanol–water partition coefficient (Wildman–Crippen LogP) is 4.02. The number of hydrogen-bond donors (Lipinski definition) is 0. The lowest BCUT2D eigenvalue weighted by molar-refractivity contribution is 0.624. The average molecular weight is 168 g/mol. The molecule has 0 amide bonds. The molecule has 0 N–H and O–H groups in total. The van der Waals surface area contributed by atoms with Crippen LogP contribution in [0.3, 0.4) is 0 Å². The van der Waals surface area contributed by atoms with E-state index in [1.807, 2.05) is 33.8 Å². The van der Waals surface area contributed by atoms with E-state index in [1.54, 1.807) is 0 Å². The van der Waals surface area contributed by atoms with E-state index in [1.165, 1.54) is 6.08 Å². The summed E-state index contributed by atoms with van der Waals surface area (Å²) in [7, 11) is 0. The fourth-order valence-corrected chi connectivity index (χ4v) is 1.18. The van der Waals surface area contributed by atoms with Crippen LogP contribution in [0, 0.1) is 5.92 Å².